The summed E-state index contributed by atoms with van der Waals surface area (Å²) >= 11 is 6.34. The minimum atomic E-state index is -4.60. The molecule has 212 valence electrons. The first kappa shape index (κ1) is 28.5. The van der Waals surface area contributed by atoms with E-state index in [0.717, 1.165) is 0 Å². The molecule has 0 aromatic heterocycles. The Morgan fingerprint density at radius 1 is 1.23 bits per heavy atom. The molecule has 0 saturated heterocycles. The number of rotatable bonds is 10. The number of amides is 1. The number of nitrogens with zero attached hydrogens (tertiary/aromatic N) is 1. The molecule has 1 aliphatic carbocycles. The van der Waals surface area contributed by atoms with Crippen LogP contribution in [0.15, 0.2) is 30.3 Å². The number of esters is 1. The van der Waals surface area contributed by atoms with E-state index in [4.69, 9.17) is 21.1 Å². The summed E-state index contributed by atoms with van der Waals surface area (Å²) in [4.78, 5) is 26.3. The van der Waals surface area contributed by atoms with Gasteiger partial charge in [0.15, 0.2) is 6.29 Å². The predicted octanol–water partition coefficient (Wildman–Crippen LogP) is 5.38. The van der Waals surface area contributed by atoms with Gasteiger partial charge in [0.25, 0.3) is 6.43 Å². The summed E-state index contributed by atoms with van der Waals surface area (Å²) < 4.78 is 75.4. The number of anilines is 3. The molecule has 2 aliphatic rings. The maximum absolute atomic E-state index is 13.2. The van der Waals surface area contributed by atoms with Crippen LogP contribution in [0.3, 0.4) is 0 Å². The summed E-state index contributed by atoms with van der Waals surface area (Å²) in [6.07, 6.45) is -8.44. The van der Waals surface area contributed by atoms with Gasteiger partial charge in [-0.15, -0.1) is 0 Å². The second-order valence-electron chi connectivity index (χ2n) is 9.17. The maximum atomic E-state index is 13.2. The standard InChI is InChI=1S/C25H26ClF5N4O4/c1-3-38-21(36)14-9-17-18(10-19(14)39-12-20(27)28)35(2)23(34-17)33-16-8-13(4-5-15(16)26)11-32-22(37)24(6-7-24)25(29,30)31/h4-5,8-10,20,23,33-34H,3,6-7,11-12H2,1-2H3,(H,32,37). The SMILES string of the molecule is CCOC(=O)c1cc2c(cc1OCC(F)F)N(C)C(Nc1cc(CNC(=O)C3(C(F)(F)F)CC3)ccc1Cl)N2. The third-order valence-electron chi connectivity index (χ3n) is 6.52. The van der Waals surface area contributed by atoms with Crippen LogP contribution in [0, 0.1) is 5.41 Å². The molecular weight excluding hydrogens is 551 g/mol. The molecule has 0 spiro atoms. The summed E-state index contributed by atoms with van der Waals surface area (Å²) in [5.41, 5.74) is -0.393. The quantitative estimate of drug-likeness (QED) is 0.258. The van der Waals surface area contributed by atoms with E-state index in [1.165, 1.54) is 12.1 Å². The van der Waals surface area contributed by atoms with E-state index in [9.17, 15) is 31.5 Å². The lowest BCUT2D eigenvalue weighted by molar-refractivity contribution is -0.192. The molecule has 1 saturated carbocycles. The average Bonchev–Trinajstić information content (AvgIpc) is 3.64. The number of carbonyl (C=O) groups excluding carboxylic acids is 2. The molecule has 1 heterocycles. The van der Waals surface area contributed by atoms with Gasteiger partial charge in [-0.25, -0.2) is 13.6 Å². The van der Waals surface area contributed by atoms with Crippen LogP contribution in [0.4, 0.5) is 39.0 Å². The summed E-state index contributed by atoms with van der Waals surface area (Å²) in [7, 11) is 1.70. The largest absolute Gasteiger partial charge is 0.487 e. The van der Waals surface area contributed by atoms with Crippen molar-refractivity contribution in [2.24, 2.45) is 5.41 Å². The molecule has 0 bridgehead atoms. The van der Waals surface area contributed by atoms with Gasteiger partial charge < -0.3 is 30.3 Å². The van der Waals surface area contributed by atoms with Crippen molar-refractivity contribution < 1.29 is 41.0 Å². The van der Waals surface area contributed by atoms with Gasteiger partial charge in [0.2, 0.25) is 5.91 Å². The van der Waals surface area contributed by atoms with Gasteiger partial charge in [-0.2, -0.15) is 13.2 Å². The maximum Gasteiger partial charge on any atom is 0.403 e. The number of carbonyl (C=O) groups is 2. The molecule has 8 nitrogen and oxygen atoms in total. The van der Waals surface area contributed by atoms with E-state index < -0.39 is 42.8 Å². The zero-order valence-corrected chi connectivity index (χ0v) is 21.7. The number of nitrogens with one attached hydrogen (secondary N) is 3. The molecule has 2 aromatic carbocycles. The second-order valence-corrected chi connectivity index (χ2v) is 9.57. The summed E-state index contributed by atoms with van der Waals surface area (Å²) in [5, 5.41) is 8.97. The van der Waals surface area contributed by atoms with Crippen molar-refractivity contribution in [1.82, 2.24) is 5.32 Å². The lowest BCUT2D eigenvalue weighted by Crippen LogP contribution is -2.41. The van der Waals surface area contributed by atoms with Crippen LogP contribution in [0.25, 0.3) is 0 Å². The van der Waals surface area contributed by atoms with E-state index in [2.05, 4.69) is 16.0 Å². The van der Waals surface area contributed by atoms with Gasteiger partial charge >= 0.3 is 12.1 Å². The van der Waals surface area contributed by atoms with Crippen LogP contribution < -0.4 is 25.6 Å². The van der Waals surface area contributed by atoms with Crippen LogP contribution in [0.5, 0.6) is 5.75 Å². The van der Waals surface area contributed by atoms with Crippen molar-refractivity contribution in [3.05, 3.63) is 46.5 Å². The Balaban J connectivity index is 1.49. The summed E-state index contributed by atoms with van der Waals surface area (Å²) in [6, 6.07) is 7.60. The Labute approximate surface area is 225 Å². The minimum Gasteiger partial charge on any atom is -0.487 e. The highest BCUT2D eigenvalue weighted by atomic mass is 35.5. The Morgan fingerprint density at radius 3 is 2.56 bits per heavy atom. The third-order valence-corrected chi connectivity index (χ3v) is 6.85. The molecule has 1 atom stereocenters. The van der Waals surface area contributed by atoms with E-state index in [1.54, 1.807) is 37.1 Å². The molecule has 4 rings (SSSR count). The fraction of sp³-hybridized carbons (Fsp3) is 0.440. The zero-order valence-electron chi connectivity index (χ0n) is 20.9. The zero-order chi connectivity index (χ0) is 28.5. The highest BCUT2D eigenvalue weighted by molar-refractivity contribution is 6.33. The first-order valence-corrected chi connectivity index (χ1v) is 12.4. The first-order valence-electron chi connectivity index (χ1n) is 12.0. The van der Waals surface area contributed by atoms with E-state index in [1.807, 2.05) is 0 Å². The van der Waals surface area contributed by atoms with Gasteiger partial charge in [0.05, 0.1) is 28.7 Å². The van der Waals surface area contributed by atoms with Gasteiger partial charge in [0.1, 0.15) is 23.3 Å². The Hall–Kier alpha value is -3.48. The summed E-state index contributed by atoms with van der Waals surface area (Å²) in [5.74, 6) is -1.86. The lowest BCUT2D eigenvalue weighted by atomic mass is 10.1. The highest BCUT2D eigenvalue weighted by Gasteiger charge is 2.68. The minimum absolute atomic E-state index is 0.0270. The van der Waals surface area contributed by atoms with Crippen LogP contribution in [-0.2, 0) is 16.1 Å². The number of fused-ring (bicyclic) bond motifs is 1. The van der Waals surface area contributed by atoms with E-state index in [-0.39, 0.29) is 37.3 Å². The number of ether oxygens (including phenoxy) is 2. The van der Waals surface area contributed by atoms with Crippen LogP contribution in [0.1, 0.15) is 35.7 Å². The number of hydrogen-bond acceptors (Lipinski definition) is 7. The topological polar surface area (TPSA) is 91.9 Å². The number of halogens is 6. The smallest absolute Gasteiger partial charge is 0.403 e. The normalized spacial score (nSPS) is 17.4. The first-order chi connectivity index (χ1) is 18.4. The Kier molecular flexibility index (Phi) is 8.01. The fourth-order valence-corrected chi connectivity index (χ4v) is 4.36. The lowest BCUT2D eigenvalue weighted by Gasteiger charge is -2.25. The predicted molar refractivity (Wildman–Crippen MR) is 134 cm³/mol. The van der Waals surface area contributed by atoms with Crippen molar-refractivity contribution in [3.8, 4) is 5.75 Å². The highest BCUT2D eigenvalue weighted by Crippen LogP contribution is 2.57. The molecule has 3 N–H and O–H groups in total. The van der Waals surface area contributed by atoms with Crippen molar-refractivity contribution in [1.29, 1.82) is 0 Å². The molecule has 14 heteroatoms. The molecule has 2 aromatic rings. The van der Waals surface area contributed by atoms with Crippen molar-refractivity contribution >= 4 is 40.5 Å². The van der Waals surface area contributed by atoms with E-state index in [0.29, 0.717) is 27.6 Å². The van der Waals surface area contributed by atoms with Crippen molar-refractivity contribution in [2.45, 2.75) is 45.2 Å². The van der Waals surface area contributed by atoms with E-state index >= 15 is 0 Å². The van der Waals surface area contributed by atoms with Crippen LogP contribution >= 0.6 is 11.6 Å². The number of benzene rings is 2. The van der Waals surface area contributed by atoms with Gasteiger partial charge in [-0.1, -0.05) is 17.7 Å². The molecule has 1 amide bonds. The molecule has 1 aliphatic heterocycles. The molecule has 0 radical (unpaired) electrons. The molecule has 1 fully saturated rings. The number of alkyl halides is 5. The molecule has 1 unspecified atom stereocenters. The third kappa shape index (κ3) is 5.92. The van der Waals surface area contributed by atoms with Gasteiger partial charge in [-0.05, 0) is 43.5 Å². The van der Waals surface area contributed by atoms with Gasteiger partial charge in [-0.3, -0.25) is 4.79 Å². The van der Waals surface area contributed by atoms with Crippen molar-refractivity contribution in [3.63, 3.8) is 0 Å². The average molecular weight is 577 g/mol. The summed E-state index contributed by atoms with van der Waals surface area (Å²) in [6.45, 7) is 0.645. The monoisotopic (exact) mass is 576 g/mol. The second kappa shape index (κ2) is 10.9. The molecular formula is C25H26ClF5N4O4. The van der Waals surface area contributed by atoms with Crippen molar-refractivity contribution in [2.75, 3.05) is 35.8 Å². The number of hydrogen-bond donors (Lipinski definition) is 3. The fourth-order valence-electron chi connectivity index (χ4n) is 4.19. The van der Waals surface area contributed by atoms with Crippen LogP contribution in [-0.4, -0.2) is 51.0 Å². The Morgan fingerprint density at radius 2 is 1.95 bits per heavy atom. The molecule has 39 heavy (non-hydrogen) atoms. The van der Waals surface area contributed by atoms with Crippen LogP contribution in [0.2, 0.25) is 5.02 Å². The Bertz CT molecular complexity index is 1260. The van der Waals surface area contributed by atoms with Gasteiger partial charge in [0, 0.05) is 19.7 Å².